The van der Waals surface area contributed by atoms with Crippen LogP contribution in [0.3, 0.4) is 0 Å². The Morgan fingerprint density at radius 1 is 0.939 bits per heavy atom. The van der Waals surface area contributed by atoms with Crippen molar-refractivity contribution in [3.8, 4) is 0 Å². The van der Waals surface area contributed by atoms with Gasteiger partial charge in [0.05, 0.1) is 28.7 Å². The number of hydrogen-bond acceptors (Lipinski definition) is 4. The first-order chi connectivity index (χ1) is 15.7. The van der Waals surface area contributed by atoms with Gasteiger partial charge in [-0.1, -0.05) is 54.1 Å². The fourth-order valence-electron chi connectivity index (χ4n) is 3.15. The molecule has 9 heteroatoms. The van der Waals surface area contributed by atoms with Gasteiger partial charge in [-0.25, -0.2) is 8.42 Å². The third-order valence-corrected chi connectivity index (χ3v) is 7.05. The number of anilines is 1. The molecular formula is C24H24ClN3O4S. The molecule has 0 heterocycles. The van der Waals surface area contributed by atoms with Gasteiger partial charge in [0.25, 0.3) is 5.91 Å². The fourth-order valence-corrected chi connectivity index (χ4v) is 4.41. The number of carbonyl (C=O) groups excluding carboxylic acids is 2. The zero-order chi connectivity index (χ0) is 24.0. The standard InChI is InChI=1S/C24H24ClN3O4S/c1-17(18-8-4-3-5-9-18)26-24(30)21-10-6-7-11-22(21)27-23(29)16-28(2)33(31,32)20-14-12-19(25)13-15-20/h3-15,17H,16H2,1-2H3,(H,26,30)(H,27,29)/t17-/m0/s1. The maximum absolute atomic E-state index is 12.8. The molecule has 2 N–H and O–H groups in total. The molecule has 7 nitrogen and oxygen atoms in total. The van der Waals surface area contributed by atoms with Crippen LogP contribution in [0.15, 0.2) is 83.8 Å². The minimum absolute atomic E-state index is 0.0249. The summed E-state index contributed by atoms with van der Waals surface area (Å²) in [6.45, 7) is 1.44. The summed E-state index contributed by atoms with van der Waals surface area (Å²) in [7, 11) is -2.57. The number of hydrogen-bond donors (Lipinski definition) is 2. The minimum Gasteiger partial charge on any atom is -0.345 e. The van der Waals surface area contributed by atoms with E-state index in [-0.39, 0.29) is 28.1 Å². The zero-order valence-electron chi connectivity index (χ0n) is 18.2. The Balaban J connectivity index is 1.69. The van der Waals surface area contributed by atoms with Gasteiger partial charge in [-0.2, -0.15) is 4.31 Å². The van der Waals surface area contributed by atoms with Crippen LogP contribution in [0.1, 0.15) is 28.9 Å². The van der Waals surface area contributed by atoms with Crippen molar-refractivity contribution < 1.29 is 18.0 Å². The quantitative estimate of drug-likeness (QED) is 0.502. The lowest BCUT2D eigenvalue weighted by Crippen LogP contribution is -2.35. The molecule has 0 radical (unpaired) electrons. The second-order valence-corrected chi connectivity index (χ2v) is 9.90. The number of likely N-dealkylation sites (N-methyl/N-ethyl adjacent to an activating group) is 1. The highest BCUT2D eigenvalue weighted by atomic mass is 35.5. The molecule has 0 unspecified atom stereocenters. The number of sulfonamides is 1. The summed E-state index contributed by atoms with van der Waals surface area (Å²) >= 11 is 5.82. The van der Waals surface area contributed by atoms with E-state index in [1.807, 2.05) is 37.3 Å². The zero-order valence-corrected chi connectivity index (χ0v) is 19.7. The predicted molar refractivity (Wildman–Crippen MR) is 129 cm³/mol. The Bertz CT molecular complexity index is 1230. The van der Waals surface area contributed by atoms with Gasteiger partial charge in [-0.05, 0) is 48.9 Å². The highest BCUT2D eigenvalue weighted by Gasteiger charge is 2.24. The molecule has 3 aromatic carbocycles. The lowest BCUT2D eigenvalue weighted by Gasteiger charge is -2.18. The SMILES string of the molecule is C[C@H](NC(=O)c1ccccc1NC(=O)CN(C)S(=O)(=O)c1ccc(Cl)cc1)c1ccccc1. The summed E-state index contributed by atoms with van der Waals surface area (Å²) in [5.41, 5.74) is 1.51. The van der Waals surface area contributed by atoms with Crippen LogP contribution in [-0.2, 0) is 14.8 Å². The summed E-state index contributed by atoms with van der Waals surface area (Å²) in [4.78, 5) is 25.5. The largest absolute Gasteiger partial charge is 0.345 e. The van der Waals surface area contributed by atoms with Crippen LogP contribution in [0.2, 0.25) is 5.02 Å². The molecule has 0 fully saturated rings. The molecule has 0 saturated carbocycles. The van der Waals surface area contributed by atoms with E-state index < -0.39 is 22.5 Å². The molecule has 3 aromatic rings. The summed E-state index contributed by atoms with van der Waals surface area (Å²) in [5.74, 6) is -0.934. The summed E-state index contributed by atoms with van der Waals surface area (Å²) < 4.78 is 26.3. The fraction of sp³-hybridized carbons (Fsp3) is 0.167. The normalized spacial score (nSPS) is 12.2. The number of rotatable bonds is 8. The van der Waals surface area contributed by atoms with Crippen molar-refractivity contribution in [1.29, 1.82) is 0 Å². The second kappa shape index (κ2) is 10.6. The van der Waals surface area contributed by atoms with Crippen molar-refractivity contribution in [2.75, 3.05) is 18.9 Å². The monoisotopic (exact) mass is 485 g/mol. The highest BCUT2D eigenvalue weighted by molar-refractivity contribution is 7.89. The van der Waals surface area contributed by atoms with Crippen LogP contribution in [0.25, 0.3) is 0 Å². The molecule has 0 aromatic heterocycles. The van der Waals surface area contributed by atoms with Crippen LogP contribution in [0.5, 0.6) is 0 Å². The van der Waals surface area contributed by atoms with Crippen LogP contribution < -0.4 is 10.6 Å². The number of para-hydroxylation sites is 1. The van der Waals surface area contributed by atoms with E-state index in [2.05, 4.69) is 10.6 Å². The van der Waals surface area contributed by atoms with E-state index in [1.54, 1.807) is 24.3 Å². The van der Waals surface area contributed by atoms with Crippen molar-refractivity contribution in [3.05, 3.63) is 95.0 Å². The molecular weight excluding hydrogens is 462 g/mol. The highest BCUT2D eigenvalue weighted by Crippen LogP contribution is 2.20. The van der Waals surface area contributed by atoms with Crippen LogP contribution in [-0.4, -0.2) is 38.1 Å². The van der Waals surface area contributed by atoms with E-state index >= 15 is 0 Å². The summed E-state index contributed by atoms with van der Waals surface area (Å²) in [5, 5.41) is 5.96. The third-order valence-electron chi connectivity index (χ3n) is 4.98. The van der Waals surface area contributed by atoms with Crippen molar-refractivity contribution in [2.45, 2.75) is 17.9 Å². The second-order valence-electron chi connectivity index (χ2n) is 7.41. The van der Waals surface area contributed by atoms with Gasteiger partial charge in [-0.15, -0.1) is 0 Å². The third kappa shape index (κ3) is 6.19. The minimum atomic E-state index is -3.88. The smallest absolute Gasteiger partial charge is 0.253 e. The van der Waals surface area contributed by atoms with E-state index in [0.29, 0.717) is 5.02 Å². The van der Waals surface area contributed by atoms with Gasteiger partial charge < -0.3 is 10.6 Å². The van der Waals surface area contributed by atoms with Crippen LogP contribution in [0, 0.1) is 0 Å². The van der Waals surface area contributed by atoms with Gasteiger partial charge in [0.2, 0.25) is 15.9 Å². The van der Waals surface area contributed by atoms with Crippen LogP contribution in [0.4, 0.5) is 5.69 Å². The summed E-state index contributed by atoms with van der Waals surface area (Å²) in [6.07, 6.45) is 0. The molecule has 0 saturated heterocycles. The molecule has 2 amide bonds. The topological polar surface area (TPSA) is 95.6 Å². The molecule has 0 aliphatic heterocycles. The van der Waals surface area contributed by atoms with Gasteiger partial charge in [0, 0.05) is 12.1 Å². The lowest BCUT2D eigenvalue weighted by molar-refractivity contribution is -0.116. The maximum atomic E-state index is 12.8. The first-order valence-corrected chi connectivity index (χ1v) is 12.0. The van der Waals surface area contributed by atoms with Crippen molar-refractivity contribution in [2.24, 2.45) is 0 Å². The van der Waals surface area contributed by atoms with Gasteiger partial charge in [0.1, 0.15) is 0 Å². The first-order valence-electron chi connectivity index (χ1n) is 10.1. The number of nitrogens with zero attached hydrogens (tertiary/aromatic N) is 1. The predicted octanol–water partition coefficient (Wildman–Crippen LogP) is 4.09. The van der Waals surface area contributed by atoms with Crippen molar-refractivity contribution in [3.63, 3.8) is 0 Å². The molecule has 0 aliphatic rings. The molecule has 1 atom stereocenters. The Hall–Kier alpha value is -3.20. The molecule has 0 spiro atoms. The Kier molecular flexibility index (Phi) is 7.86. The van der Waals surface area contributed by atoms with Gasteiger partial charge >= 0.3 is 0 Å². The maximum Gasteiger partial charge on any atom is 0.253 e. The van der Waals surface area contributed by atoms with Crippen molar-refractivity contribution in [1.82, 2.24) is 9.62 Å². The first kappa shape index (κ1) is 24.4. The van der Waals surface area contributed by atoms with E-state index in [0.717, 1.165) is 9.87 Å². The number of benzene rings is 3. The van der Waals surface area contributed by atoms with E-state index in [9.17, 15) is 18.0 Å². The number of carbonyl (C=O) groups is 2. The number of nitrogens with one attached hydrogen (secondary N) is 2. The summed E-state index contributed by atoms with van der Waals surface area (Å²) in [6, 6.07) is 21.5. The Morgan fingerprint density at radius 2 is 1.55 bits per heavy atom. The van der Waals surface area contributed by atoms with E-state index in [1.165, 1.54) is 31.3 Å². The van der Waals surface area contributed by atoms with Gasteiger partial charge in [0.15, 0.2) is 0 Å². The number of amides is 2. The molecule has 3 rings (SSSR count). The molecule has 0 bridgehead atoms. The number of halogens is 1. The average molecular weight is 486 g/mol. The molecule has 172 valence electrons. The Labute approximate surface area is 198 Å². The van der Waals surface area contributed by atoms with E-state index in [4.69, 9.17) is 11.6 Å². The average Bonchev–Trinajstić information content (AvgIpc) is 2.80. The molecule has 0 aliphatic carbocycles. The van der Waals surface area contributed by atoms with Crippen LogP contribution >= 0.6 is 11.6 Å². The molecule has 33 heavy (non-hydrogen) atoms. The lowest BCUT2D eigenvalue weighted by atomic mass is 10.1. The van der Waals surface area contributed by atoms with Crippen molar-refractivity contribution >= 4 is 39.1 Å². The Morgan fingerprint density at radius 3 is 2.21 bits per heavy atom. The van der Waals surface area contributed by atoms with Gasteiger partial charge in [-0.3, -0.25) is 9.59 Å².